The number of piperazine rings is 1. The van der Waals surface area contributed by atoms with E-state index in [-0.39, 0.29) is 35.7 Å². The Labute approximate surface area is 237 Å². The molecule has 0 radical (unpaired) electrons. The third-order valence-electron chi connectivity index (χ3n) is 8.45. The van der Waals surface area contributed by atoms with Gasteiger partial charge in [-0.25, -0.2) is 4.98 Å². The summed E-state index contributed by atoms with van der Waals surface area (Å²) in [6.07, 6.45) is 6.58. The molecular formula is C31H43N7O2. The summed E-state index contributed by atoms with van der Waals surface area (Å²) in [7, 11) is 2.14. The number of benzene rings is 1. The first-order chi connectivity index (χ1) is 19.2. The molecule has 0 bridgehead atoms. The second-order valence-electron chi connectivity index (χ2n) is 11.8. The van der Waals surface area contributed by atoms with E-state index in [1.807, 2.05) is 23.0 Å². The Morgan fingerprint density at radius 3 is 2.65 bits per heavy atom. The molecule has 9 heteroatoms. The number of carbonyl (C=O) groups is 2. The van der Waals surface area contributed by atoms with Gasteiger partial charge < -0.3 is 20.4 Å². The highest BCUT2D eigenvalue weighted by Gasteiger charge is 2.34. The zero-order valence-corrected chi connectivity index (χ0v) is 24.5. The number of likely N-dealkylation sites (N-methyl/N-ethyl adjacent to an activating group) is 1. The Kier molecular flexibility index (Phi) is 8.40. The fourth-order valence-electron chi connectivity index (χ4n) is 6.21. The molecule has 5 rings (SSSR count). The van der Waals surface area contributed by atoms with Crippen LogP contribution in [-0.4, -0.2) is 77.3 Å². The Morgan fingerprint density at radius 1 is 1.15 bits per heavy atom. The smallest absolute Gasteiger partial charge is 0.252 e. The third kappa shape index (κ3) is 5.84. The van der Waals surface area contributed by atoms with E-state index in [1.165, 1.54) is 0 Å². The molecule has 1 aromatic carbocycles. The van der Waals surface area contributed by atoms with Crippen molar-refractivity contribution in [3.05, 3.63) is 42.2 Å². The van der Waals surface area contributed by atoms with Crippen LogP contribution in [0, 0.1) is 11.8 Å². The molecule has 3 unspecified atom stereocenters. The first-order valence-corrected chi connectivity index (χ1v) is 14.7. The molecule has 0 spiro atoms. The van der Waals surface area contributed by atoms with Crippen LogP contribution < -0.4 is 15.5 Å². The topological polar surface area (TPSA) is 95.4 Å². The standard InChI is InChI=1S/C31H43N7O2/c1-6-7-23-14-21(4)35-31(40)26(23)18-33-30(39)25-15-24(16-28-27(25)19-34-38(28)20(2)3)22-8-9-32-29(17-22)37-12-10-36(5)11-13-37/h8-9,15-17,19-21,23,26H,6-7,10-14,18H2,1-5H3,(H,33,39)(H,35,40). The van der Waals surface area contributed by atoms with Crippen molar-refractivity contribution in [3.63, 3.8) is 0 Å². The maximum Gasteiger partial charge on any atom is 0.252 e. The zero-order valence-electron chi connectivity index (χ0n) is 24.5. The number of anilines is 1. The molecule has 2 aliphatic heterocycles. The summed E-state index contributed by atoms with van der Waals surface area (Å²) in [4.78, 5) is 35.9. The average molecular weight is 546 g/mol. The first kappa shape index (κ1) is 28.1. The van der Waals surface area contributed by atoms with Crippen LogP contribution in [0.4, 0.5) is 5.82 Å². The first-order valence-electron chi connectivity index (χ1n) is 14.7. The average Bonchev–Trinajstić information content (AvgIpc) is 3.37. The minimum Gasteiger partial charge on any atom is -0.354 e. The van der Waals surface area contributed by atoms with E-state index < -0.39 is 0 Å². The van der Waals surface area contributed by atoms with Gasteiger partial charge in [-0.05, 0) is 82.0 Å². The molecule has 0 saturated carbocycles. The second-order valence-corrected chi connectivity index (χ2v) is 11.8. The van der Waals surface area contributed by atoms with Crippen molar-refractivity contribution in [2.45, 2.75) is 59.0 Å². The van der Waals surface area contributed by atoms with Gasteiger partial charge >= 0.3 is 0 Å². The van der Waals surface area contributed by atoms with Crippen molar-refractivity contribution >= 4 is 28.5 Å². The lowest BCUT2D eigenvalue weighted by Crippen LogP contribution is -2.51. The van der Waals surface area contributed by atoms with Gasteiger partial charge in [0.25, 0.3) is 5.91 Å². The van der Waals surface area contributed by atoms with Crippen molar-refractivity contribution in [3.8, 4) is 11.1 Å². The number of aromatic nitrogens is 3. The van der Waals surface area contributed by atoms with E-state index in [0.29, 0.717) is 12.1 Å². The van der Waals surface area contributed by atoms with Gasteiger partial charge in [0.05, 0.1) is 23.2 Å². The maximum absolute atomic E-state index is 13.7. The van der Waals surface area contributed by atoms with Crippen LogP contribution in [-0.2, 0) is 4.79 Å². The van der Waals surface area contributed by atoms with Gasteiger partial charge in [-0.1, -0.05) is 13.3 Å². The third-order valence-corrected chi connectivity index (χ3v) is 8.45. The summed E-state index contributed by atoms with van der Waals surface area (Å²) < 4.78 is 1.96. The molecule has 3 atom stereocenters. The molecular weight excluding hydrogens is 502 g/mol. The predicted molar refractivity (Wildman–Crippen MR) is 160 cm³/mol. The van der Waals surface area contributed by atoms with Gasteiger partial charge in [-0.3, -0.25) is 14.3 Å². The normalized spacial score (nSPS) is 22.1. The fraction of sp³-hybridized carbons (Fsp3) is 0.548. The van der Waals surface area contributed by atoms with E-state index in [2.05, 4.69) is 77.4 Å². The summed E-state index contributed by atoms with van der Waals surface area (Å²) in [6, 6.07) is 8.51. The lowest BCUT2D eigenvalue weighted by molar-refractivity contribution is -0.129. The number of pyridine rings is 1. The highest BCUT2D eigenvalue weighted by molar-refractivity contribution is 6.08. The second kappa shape index (κ2) is 12.0. The number of nitrogens with one attached hydrogen (secondary N) is 2. The van der Waals surface area contributed by atoms with E-state index in [1.54, 1.807) is 6.20 Å². The molecule has 3 aromatic rings. The van der Waals surface area contributed by atoms with Crippen molar-refractivity contribution in [1.82, 2.24) is 30.3 Å². The van der Waals surface area contributed by atoms with Gasteiger partial charge in [0.15, 0.2) is 0 Å². The van der Waals surface area contributed by atoms with E-state index >= 15 is 0 Å². The lowest BCUT2D eigenvalue weighted by atomic mass is 9.80. The maximum atomic E-state index is 13.7. The molecule has 2 fully saturated rings. The van der Waals surface area contributed by atoms with Crippen LogP contribution in [0.1, 0.15) is 63.4 Å². The molecule has 214 valence electrons. The van der Waals surface area contributed by atoms with Crippen LogP contribution in [0.25, 0.3) is 22.0 Å². The molecule has 9 nitrogen and oxygen atoms in total. The number of hydrogen-bond acceptors (Lipinski definition) is 6. The minimum absolute atomic E-state index is 0.0391. The van der Waals surface area contributed by atoms with Gasteiger partial charge in [0.2, 0.25) is 5.91 Å². The molecule has 4 heterocycles. The molecule has 2 N–H and O–H groups in total. The van der Waals surface area contributed by atoms with Gasteiger partial charge in [0, 0.05) is 56.4 Å². The van der Waals surface area contributed by atoms with Crippen LogP contribution in [0.2, 0.25) is 0 Å². The van der Waals surface area contributed by atoms with E-state index in [9.17, 15) is 9.59 Å². The highest BCUT2D eigenvalue weighted by Crippen LogP contribution is 2.32. The van der Waals surface area contributed by atoms with Crippen LogP contribution in [0.5, 0.6) is 0 Å². The van der Waals surface area contributed by atoms with Gasteiger partial charge in [0.1, 0.15) is 5.82 Å². The lowest BCUT2D eigenvalue weighted by Gasteiger charge is -2.34. The summed E-state index contributed by atoms with van der Waals surface area (Å²) >= 11 is 0. The van der Waals surface area contributed by atoms with Crippen LogP contribution in [0.3, 0.4) is 0 Å². The van der Waals surface area contributed by atoms with Crippen molar-refractivity contribution in [1.29, 1.82) is 0 Å². The van der Waals surface area contributed by atoms with Crippen molar-refractivity contribution in [2.75, 3.05) is 44.7 Å². The number of hydrogen-bond donors (Lipinski definition) is 2. The summed E-state index contributed by atoms with van der Waals surface area (Å²) in [6.45, 7) is 12.6. The number of piperidine rings is 1. The number of rotatable bonds is 8. The van der Waals surface area contributed by atoms with E-state index in [4.69, 9.17) is 0 Å². The Hall–Kier alpha value is -3.46. The Balaban J connectivity index is 1.46. The Morgan fingerprint density at radius 2 is 1.93 bits per heavy atom. The largest absolute Gasteiger partial charge is 0.354 e. The zero-order chi connectivity index (χ0) is 28.4. The summed E-state index contributed by atoms with van der Waals surface area (Å²) in [5.41, 5.74) is 3.46. The molecule has 0 aliphatic carbocycles. The Bertz CT molecular complexity index is 1360. The number of amides is 2. The quantitative estimate of drug-likeness (QED) is 0.443. The predicted octanol–water partition coefficient (Wildman–Crippen LogP) is 4.10. The van der Waals surface area contributed by atoms with Gasteiger partial charge in [-0.2, -0.15) is 5.10 Å². The molecule has 2 saturated heterocycles. The van der Waals surface area contributed by atoms with Gasteiger partial charge in [-0.15, -0.1) is 0 Å². The van der Waals surface area contributed by atoms with Crippen LogP contribution in [0.15, 0.2) is 36.7 Å². The molecule has 2 aromatic heterocycles. The van der Waals surface area contributed by atoms with Crippen molar-refractivity contribution in [2.24, 2.45) is 11.8 Å². The molecule has 40 heavy (non-hydrogen) atoms. The number of nitrogens with zero attached hydrogens (tertiary/aromatic N) is 5. The number of carbonyl (C=O) groups excluding carboxylic acids is 2. The molecule has 2 aliphatic rings. The van der Waals surface area contributed by atoms with Crippen molar-refractivity contribution < 1.29 is 9.59 Å². The molecule has 2 amide bonds. The van der Waals surface area contributed by atoms with Crippen LogP contribution >= 0.6 is 0 Å². The highest BCUT2D eigenvalue weighted by atomic mass is 16.2. The summed E-state index contributed by atoms with van der Waals surface area (Å²) in [5, 5.41) is 11.6. The monoisotopic (exact) mass is 545 g/mol. The summed E-state index contributed by atoms with van der Waals surface area (Å²) in [5.74, 6) is 0.869. The SMILES string of the molecule is CCCC1CC(C)NC(=O)C1CNC(=O)c1cc(-c2ccnc(N3CCN(C)CC3)c2)cc2c1cnn2C(C)C. The minimum atomic E-state index is -0.219. The fourth-order valence-corrected chi connectivity index (χ4v) is 6.21. The van der Waals surface area contributed by atoms with E-state index in [0.717, 1.165) is 73.3 Å². The number of fused-ring (bicyclic) bond motifs is 1.